The maximum absolute atomic E-state index is 12.2. The zero-order valence-electron chi connectivity index (χ0n) is 10.4. The lowest BCUT2D eigenvalue weighted by Crippen LogP contribution is -2.20. The first-order valence-electron chi connectivity index (χ1n) is 5.97. The summed E-state index contributed by atoms with van der Waals surface area (Å²) in [5, 5.41) is 6.85. The first kappa shape index (κ1) is 15.2. The van der Waals surface area contributed by atoms with E-state index in [9.17, 15) is 4.79 Å². The molecule has 0 saturated heterocycles. The number of rotatable bonds is 2. The molecule has 1 aliphatic heterocycles. The topological polar surface area (TPSA) is 41.1 Å². The number of carbonyl (C=O) groups is 1. The summed E-state index contributed by atoms with van der Waals surface area (Å²) in [7, 11) is 0. The minimum Gasteiger partial charge on any atom is -0.368 e. The number of amides is 1. The SMILES string of the molecule is O=C1Nc2cccc(Br)c2C1Nc1c(Cl)cc(Br)cc1Cl. The third kappa shape index (κ3) is 2.80. The van der Waals surface area contributed by atoms with E-state index in [1.165, 1.54) is 0 Å². The lowest BCUT2D eigenvalue weighted by atomic mass is 10.1. The maximum atomic E-state index is 12.2. The quantitative estimate of drug-likeness (QED) is 0.623. The van der Waals surface area contributed by atoms with Crippen molar-refractivity contribution in [1.29, 1.82) is 0 Å². The predicted molar refractivity (Wildman–Crippen MR) is 93.3 cm³/mol. The second-order valence-corrected chi connectivity index (χ2v) is 7.10. The number of hydrogen-bond donors (Lipinski definition) is 2. The van der Waals surface area contributed by atoms with Crippen LogP contribution in [-0.2, 0) is 4.79 Å². The average molecular weight is 451 g/mol. The number of anilines is 2. The van der Waals surface area contributed by atoms with Crippen molar-refractivity contribution in [2.45, 2.75) is 6.04 Å². The summed E-state index contributed by atoms with van der Waals surface area (Å²) in [5.41, 5.74) is 2.15. The van der Waals surface area contributed by atoms with Crippen LogP contribution < -0.4 is 10.6 Å². The van der Waals surface area contributed by atoms with Crippen LogP contribution in [0.25, 0.3) is 0 Å². The molecule has 3 nitrogen and oxygen atoms in total. The monoisotopic (exact) mass is 448 g/mol. The smallest absolute Gasteiger partial charge is 0.251 e. The van der Waals surface area contributed by atoms with Gasteiger partial charge in [0, 0.05) is 20.2 Å². The Bertz CT molecular complexity index is 729. The summed E-state index contributed by atoms with van der Waals surface area (Å²) in [6, 6.07) is 8.51. The van der Waals surface area contributed by atoms with Crippen molar-refractivity contribution in [3.63, 3.8) is 0 Å². The van der Waals surface area contributed by atoms with Crippen molar-refractivity contribution < 1.29 is 4.79 Å². The van der Waals surface area contributed by atoms with Crippen molar-refractivity contribution in [2.75, 3.05) is 10.6 Å². The van der Waals surface area contributed by atoms with E-state index in [1.54, 1.807) is 12.1 Å². The zero-order valence-corrected chi connectivity index (χ0v) is 15.1. The Morgan fingerprint density at radius 1 is 1.14 bits per heavy atom. The number of nitrogens with one attached hydrogen (secondary N) is 2. The van der Waals surface area contributed by atoms with Gasteiger partial charge in [-0.15, -0.1) is 0 Å². The first-order valence-corrected chi connectivity index (χ1v) is 8.32. The molecule has 1 atom stereocenters. The third-order valence-corrected chi connectivity index (χ3v) is 4.90. The summed E-state index contributed by atoms with van der Waals surface area (Å²) >= 11 is 19.2. The predicted octanol–water partition coefficient (Wildman–Crippen LogP) is 5.62. The Labute approximate surface area is 148 Å². The van der Waals surface area contributed by atoms with E-state index in [2.05, 4.69) is 42.5 Å². The molecule has 0 spiro atoms. The van der Waals surface area contributed by atoms with E-state index in [4.69, 9.17) is 23.2 Å². The van der Waals surface area contributed by atoms with E-state index >= 15 is 0 Å². The maximum Gasteiger partial charge on any atom is 0.251 e. The number of hydrogen-bond acceptors (Lipinski definition) is 2. The Morgan fingerprint density at radius 3 is 2.48 bits per heavy atom. The van der Waals surface area contributed by atoms with Crippen LogP contribution in [0.5, 0.6) is 0 Å². The second kappa shape index (κ2) is 5.80. The van der Waals surface area contributed by atoms with Crippen LogP contribution in [0, 0.1) is 0 Å². The highest BCUT2D eigenvalue weighted by molar-refractivity contribution is 9.10. The van der Waals surface area contributed by atoms with Crippen molar-refractivity contribution >= 4 is 72.3 Å². The fourth-order valence-electron chi connectivity index (χ4n) is 2.24. The van der Waals surface area contributed by atoms with E-state index in [1.807, 2.05) is 18.2 Å². The van der Waals surface area contributed by atoms with Crippen LogP contribution in [0.1, 0.15) is 11.6 Å². The molecule has 1 amide bonds. The van der Waals surface area contributed by atoms with Gasteiger partial charge in [-0.25, -0.2) is 0 Å². The molecule has 0 aromatic heterocycles. The van der Waals surface area contributed by atoms with Crippen molar-refractivity contribution in [3.05, 3.63) is 54.9 Å². The largest absolute Gasteiger partial charge is 0.368 e. The van der Waals surface area contributed by atoms with Crippen molar-refractivity contribution in [3.8, 4) is 0 Å². The molecule has 0 radical (unpaired) electrons. The Kier molecular flexibility index (Phi) is 4.19. The Hall–Kier alpha value is -0.750. The van der Waals surface area contributed by atoms with Crippen LogP contribution in [0.15, 0.2) is 39.3 Å². The second-order valence-electron chi connectivity index (χ2n) is 4.51. The van der Waals surface area contributed by atoms with Gasteiger partial charge in [0.2, 0.25) is 0 Å². The summed E-state index contributed by atoms with van der Waals surface area (Å²) in [6.45, 7) is 0. The van der Waals surface area contributed by atoms with Crippen LogP contribution >= 0.6 is 55.1 Å². The minimum absolute atomic E-state index is 0.146. The van der Waals surface area contributed by atoms with Gasteiger partial charge < -0.3 is 10.6 Å². The normalized spacial score (nSPS) is 16.6. The molecule has 0 saturated carbocycles. The van der Waals surface area contributed by atoms with Crippen molar-refractivity contribution in [2.24, 2.45) is 0 Å². The summed E-state index contributed by atoms with van der Waals surface area (Å²) < 4.78 is 1.63. The number of halogens is 4. The van der Waals surface area contributed by atoms with Crippen LogP contribution in [0.4, 0.5) is 11.4 Å². The lowest BCUT2D eigenvalue weighted by molar-refractivity contribution is -0.116. The molecule has 7 heteroatoms. The zero-order chi connectivity index (χ0) is 15.1. The molecule has 0 fully saturated rings. The number of carbonyl (C=O) groups excluding carboxylic acids is 1. The molecule has 0 bridgehead atoms. The van der Waals surface area contributed by atoms with E-state index in [0.717, 1.165) is 20.2 Å². The van der Waals surface area contributed by atoms with Gasteiger partial charge in [-0.05, 0) is 24.3 Å². The fraction of sp³-hybridized carbons (Fsp3) is 0.0714. The van der Waals surface area contributed by atoms with E-state index in [0.29, 0.717) is 15.7 Å². The standard InChI is InChI=1S/C14H8Br2Cl2N2O/c15-6-4-8(17)12(9(18)5-6)20-13-11-7(16)2-1-3-10(11)19-14(13)21/h1-5,13,20H,(H,19,21). The Balaban J connectivity index is 2.03. The van der Waals surface area contributed by atoms with Crippen molar-refractivity contribution in [1.82, 2.24) is 0 Å². The molecule has 3 rings (SSSR count). The summed E-state index contributed by atoms with van der Waals surface area (Å²) in [6.07, 6.45) is 0. The molecule has 1 aliphatic rings. The molecule has 108 valence electrons. The van der Waals surface area contributed by atoms with Gasteiger partial charge in [0.25, 0.3) is 5.91 Å². The molecule has 0 aliphatic carbocycles. The van der Waals surface area contributed by atoms with E-state index in [-0.39, 0.29) is 5.91 Å². The molecule has 2 aromatic rings. The molecule has 1 unspecified atom stereocenters. The van der Waals surface area contributed by atoms with Gasteiger partial charge in [0.05, 0.1) is 15.7 Å². The highest BCUT2D eigenvalue weighted by Gasteiger charge is 2.33. The third-order valence-electron chi connectivity index (χ3n) is 3.16. The molecule has 1 heterocycles. The minimum atomic E-state index is -0.549. The van der Waals surface area contributed by atoms with Gasteiger partial charge >= 0.3 is 0 Å². The van der Waals surface area contributed by atoms with Crippen LogP contribution in [0.2, 0.25) is 10.0 Å². The number of benzene rings is 2. The highest BCUT2D eigenvalue weighted by Crippen LogP contribution is 2.41. The first-order chi connectivity index (χ1) is 9.97. The van der Waals surface area contributed by atoms with Gasteiger partial charge in [0.15, 0.2) is 0 Å². The van der Waals surface area contributed by atoms with Crippen LogP contribution in [-0.4, -0.2) is 5.91 Å². The highest BCUT2D eigenvalue weighted by atomic mass is 79.9. The van der Waals surface area contributed by atoms with Gasteiger partial charge in [-0.1, -0.05) is 61.1 Å². The Morgan fingerprint density at radius 2 is 1.81 bits per heavy atom. The molecule has 2 N–H and O–H groups in total. The molecular weight excluding hydrogens is 443 g/mol. The lowest BCUT2D eigenvalue weighted by Gasteiger charge is -2.17. The van der Waals surface area contributed by atoms with Gasteiger partial charge in [0.1, 0.15) is 6.04 Å². The van der Waals surface area contributed by atoms with Crippen LogP contribution in [0.3, 0.4) is 0 Å². The van der Waals surface area contributed by atoms with E-state index < -0.39 is 6.04 Å². The summed E-state index contributed by atoms with van der Waals surface area (Å²) in [4.78, 5) is 12.2. The molecule has 21 heavy (non-hydrogen) atoms. The molecular formula is C14H8Br2Cl2N2O. The van der Waals surface area contributed by atoms with Gasteiger partial charge in [-0.3, -0.25) is 4.79 Å². The fourth-order valence-corrected chi connectivity index (χ4v) is 4.15. The molecule has 2 aromatic carbocycles. The number of fused-ring (bicyclic) bond motifs is 1. The average Bonchev–Trinajstić information content (AvgIpc) is 2.71. The van der Waals surface area contributed by atoms with Gasteiger partial charge in [-0.2, -0.15) is 0 Å². The summed E-state index contributed by atoms with van der Waals surface area (Å²) in [5.74, 6) is -0.146.